The Balaban J connectivity index is 1.82. The van der Waals surface area contributed by atoms with Crippen LogP contribution in [0.5, 0.6) is 5.88 Å². The van der Waals surface area contributed by atoms with Gasteiger partial charge in [0, 0.05) is 12.3 Å². The average molecular weight is 207 g/mol. The van der Waals surface area contributed by atoms with Crippen LogP contribution in [-0.4, -0.2) is 16.7 Å². The van der Waals surface area contributed by atoms with E-state index in [2.05, 4.69) is 11.9 Å². The molecule has 1 aromatic rings. The highest BCUT2D eigenvalue weighted by atomic mass is 16.5. The molecule has 0 aliphatic heterocycles. The number of aromatic nitrogens is 1. The van der Waals surface area contributed by atoms with Crippen LogP contribution in [0, 0.1) is 11.8 Å². The number of aliphatic hydroxyl groups excluding tert-OH is 1. The first kappa shape index (κ1) is 10.4. The predicted molar refractivity (Wildman–Crippen MR) is 57.5 cm³/mol. The third kappa shape index (κ3) is 2.48. The van der Waals surface area contributed by atoms with Gasteiger partial charge in [-0.2, -0.15) is 0 Å². The first-order chi connectivity index (χ1) is 7.29. The second kappa shape index (κ2) is 4.62. The van der Waals surface area contributed by atoms with Gasteiger partial charge < -0.3 is 9.84 Å². The van der Waals surface area contributed by atoms with Crippen molar-refractivity contribution in [2.45, 2.75) is 26.4 Å². The minimum absolute atomic E-state index is 0.0347. The van der Waals surface area contributed by atoms with E-state index >= 15 is 0 Å². The minimum atomic E-state index is 0.0347. The summed E-state index contributed by atoms with van der Waals surface area (Å²) >= 11 is 0. The molecule has 0 aromatic carbocycles. The fourth-order valence-electron chi connectivity index (χ4n) is 1.77. The van der Waals surface area contributed by atoms with Gasteiger partial charge in [0.25, 0.3) is 0 Å². The van der Waals surface area contributed by atoms with E-state index in [0.717, 1.165) is 18.1 Å². The maximum atomic E-state index is 8.85. The van der Waals surface area contributed by atoms with E-state index < -0.39 is 0 Å². The third-order valence-corrected chi connectivity index (χ3v) is 3.22. The van der Waals surface area contributed by atoms with Crippen molar-refractivity contribution < 1.29 is 9.84 Å². The van der Waals surface area contributed by atoms with Gasteiger partial charge in [0.15, 0.2) is 0 Å². The van der Waals surface area contributed by atoms with Crippen molar-refractivity contribution in [2.24, 2.45) is 11.8 Å². The molecule has 0 amide bonds. The Morgan fingerprint density at radius 3 is 2.80 bits per heavy atom. The maximum absolute atomic E-state index is 8.85. The number of hydrogen-bond donors (Lipinski definition) is 1. The molecule has 2 atom stereocenters. The molecule has 1 aliphatic rings. The summed E-state index contributed by atoms with van der Waals surface area (Å²) in [6.07, 6.45) is 4.25. The second-order valence-corrected chi connectivity index (χ2v) is 4.29. The van der Waals surface area contributed by atoms with Gasteiger partial charge in [-0.15, -0.1) is 0 Å². The van der Waals surface area contributed by atoms with E-state index in [4.69, 9.17) is 9.84 Å². The number of nitrogens with zero attached hydrogens (tertiary/aromatic N) is 1. The quantitative estimate of drug-likeness (QED) is 0.821. The third-order valence-electron chi connectivity index (χ3n) is 3.22. The summed E-state index contributed by atoms with van der Waals surface area (Å²) in [5, 5.41) is 8.85. The Bertz CT molecular complexity index is 310. The Hall–Kier alpha value is -1.09. The molecule has 1 aliphatic carbocycles. The lowest BCUT2D eigenvalue weighted by Gasteiger charge is -2.33. The molecule has 15 heavy (non-hydrogen) atoms. The fraction of sp³-hybridized carbons (Fsp3) is 0.583. The van der Waals surface area contributed by atoms with Gasteiger partial charge in [0.05, 0.1) is 13.2 Å². The molecule has 0 spiro atoms. The lowest BCUT2D eigenvalue weighted by Crippen LogP contribution is -2.28. The Morgan fingerprint density at radius 2 is 2.33 bits per heavy atom. The molecule has 1 fully saturated rings. The summed E-state index contributed by atoms with van der Waals surface area (Å²) in [6.45, 7) is 3.07. The number of aliphatic hydroxyl groups is 1. The normalized spacial score (nSPS) is 24.7. The van der Waals surface area contributed by atoms with Crippen molar-refractivity contribution in [3.63, 3.8) is 0 Å². The van der Waals surface area contributed by atoms with Crippen molar-refractivity contribution in [1.29, 1.82) is 0 Å². The molecule has 1 aromatic heterocycles. The lowest BCUT2D eigenvalue weighted by molar-refractivity contribution is 0.113. The number of rotatable bonds is 4. The molecule has 1 saturated carbocycles. The van der Waals surface area contributed by atoms with Crippen LogP contribution in [0.2, 0.25) is 0 Å². The van der Waals surface area contributed by atoms with Crippen molar-refractivity contribution in [1.82, 2.24) is 4.98 Å². The summed E-state index contributed by atoms with van der Waals surface area (Å²) in [5.41, 5.74) is 0.819. The SMILES string of the molecule is C[C@@H]1CC[C@@H]1COc1ccc(CO)cn1. The van der Waals surface area contributed by atoms with E-state index in [1.165, 1.54) is 12.8 Å². The molecule has 82 valence electrons. The molecular formula is C12H17NO2. The molecule has 0 radical (unpaired) electrons. The first-order valence-corrected chi connectivity index (χ1v) is 5.48. The Labute approximate surface area is 90.1 Å². The molecular weight excluding hydrogens is 190 g/mol. The lowest BCUT2D eigenvalue weighted by atomic mass is 9.75. The standard InChI is InChI=1S/C12H17NO2/c1-9-2-4-11(9)8-15-12-5-3-10(7-14)6-13-12/h3,5-6,9,11,14H,2,4,7-8H2,1H3/t9-,11-/m1/s1. The largest absolute Gasteiger partial charge is 0.477 e. The zero-order valence-corrected chi connectivity index (χ0v) is 9.02. The summed E-state index contributed by atoms with van der Waals surface area (Å²) in [7, 11) is 0. The zero-order valence-electron chi connectivity index (χ0n) is 9.02. The van der Waals surface area contributed by atoms with Gasteiger partial charge >= 0.3 is 0 Å². The van der Waals surface area contributed by atoms with Gasteiger partial charge in [-0.05, 0) is 36.3 Å². The topological polar surface area (TPSA) is 42.4 Å². The smallest absolute Gasteiger partial charge is 0.213 e. The molecule has 3 heteroatoms. The Morgan fingerprint density at radius 1 is 1.47 bits per heavy atom. The maximum Gasteiger partial charge on any atom is 0.213 e. The highest BCUT2D eigenvalue weighted by molar-refractivity contribution is 5.17. The van der Waals surface area contributed by atoms with Gasteiger partial charge in [0.2, 0.25) is 5.88 Å². The summed E-state index contributed by atoms with van der Waals surface area (Å²) in [6, 6.07) is 3.65. The molecule has 3 nitrogen and oxygen atoms in total. The van der Waals surface area contributed by atoms with Crippen LogP contribution in [0.3, 0.4) is 0 Å². The zero-order chi connectivity index (χ0) is 10.7. The molecule has 0 unspecified atom stereocenters. The van der Waals surface area contributed by atoms with Crippen molar-refractivity contribution in [3.8, 4) is 5.88 Å². The summed E-state index contributed by atoms with van der Waals surface area (Å²) < 4.78 is 5.59. The van der Waals surface area contributed by atoms with Gasteiger partial charge in [0.1, 0.15) is 0 Å². The van der Waals surface area contributed by atoms with Gasteiger partial charge in [-0.3, -0.25) is 0 Å². The summed E-state index contributed by atoms with van der Waals surface area (Å²) in [4.78, 5) is 4.12. The highest BCUT2D eigenvalue weighted by Crippen LogP contribution is 2.33. The molecule has 1 heterocycles. The van der Waals surface area contributed by atoms with Crippen LogP contribution < -0.4 is 4.74 Å². The molecule has 0 bridgehead atoms. The van der Waals surface area contributed by atoms with E-state index in [1.54, 1.807) is 6.20 Å². The number of pyridine rings is 1. The van der Waals surface area contributed by atoms with Crippen molar-refractivity contribution >= 4 is 0 Å². The second-order valence-electron chi connectivity index (χ2n) is 4.29. The van der Waals surface area contributed by atoms with Gasteiger partial charge in [-0.25, -0.2) is 4.98 Å². The van der Waals surface area contributed by atoms with Crippen LogP contribution >= 0.6 is 0 Å². The highest BCUT2D eigenvalue weighted by Gasteiger charge is 2.27. The van der Waals surface area contributed by atoms with Crippen molar-refractivity contribution in [3.05, 3.63) is 23.9 Å². The summed E-state index contributed by atoms with van der Waals surface area (Å²) in [5.74, 6) is 2.15. The molecule has 1 N–H and O–H groups in total. The van der Waals surface area contributed by atoms with Crippen LogP contribution in [0.25, 0.3) is 0 Å². The predicted octanol–water partition coefficient (Wildman–Crippen LogP) is 2.00. The first-order valence-electron chi connectivity index (χ1n) is 5.48. The number of hydrogen-bond acceptors (Lipinski definition) is 3. The Kier molecular flexibility index (Phi) is 3.21. The fourth-order valence-corrected chi connectivity index (χ4v) is 1.77. The monoisotopic (exact) mass is 207 g/mol. The van der Waals surface area contributed by atoms with Crippen LogP contribution in [0.4, 0.5) is 0 Å². The molecule has 0 saturated heterocycles. The van der Waals surface area contributed by atoms with E-state index in [-0.39, 0.29) is 6.61 Å². The van der Waals surface area contributed by atoms with E-state index in [0.29, 0.717) is 11.8 Å². The van der Waals surface area contributed by atoms with Gasteiger partial charge in [-0.1, -0.05) is 6.92 Å². The van der Waals surface area contributed by atoms with Crippen LogP contribution in [-0.2, 0) is 6.61 Å². The van der Waals surface area contributed by atoms with E-state index in [9.17, 15) is 0 Å². The van der Waals surface area contributed by atoms with Crippen molar-refractivity contribution in [2.75, 3.05) is 6.61 Å². The minimum Gasteiger partial charge on any atom is -0.477 e. The van der Waals surface area contributed by atoms with Crippen LogP contribution in [0.1, 0.15) is 25.3 Å². The molecule has 2 rings (SSSR count). The van der Waals surface area contributed by atoms with E-state index in [1.807, 2.05) is 12.1 Å². The van der Waals surface area contributed by atoms with Crippen LogP contribution in [0.15, 0.2) is 18.3 Å². The number of ether oxygens (including phenoxy) is 1. The average Bonchev–Trinajstić information content (AvgIpc) is 2.28.